The number of aliphatic hydroxyl groups excluding tert-OH is 1. The van der Waals surface area contributed by atoms with Gasteiger partial charge in [0.2, 0.25) is 0 Å². The minimum atomic E-state index is -0.616. The Bertz CT molecular complexity index is 489. The number of aliphatic hydroxyl groups is 1. The van der Waals surface area contributed by atoms with Crippen molar-refractivity contribution in [3.05, 3.63) is 21.3 Å². The first-order chi connectivity index (χ1) is 10.6. The zero-order valence-corrected chi connectivity index (χ0v) is 14.7. The van der Waals surface area contributed by atoms with Crippen LogP contribution in [0.1, 0.15) is 24.3 Å². The van der Waals surface area contributed by atoms with Crippen LogP contribution in [0.15, 0.2) is 17.1 Å². The molecule has 0 spiro atoms. The van der Waals surface area contributed by atoms with Gasteiger partial charge < -0.3 is 20.1 Å². The molecule has 2 unspecified atom stereocenters. The number of halogens is 1. The lowest BCUT2D eigenvalue weighted by molar-refractivity contribution is 0.180. The Morgan fingerprint density at radius 3 is 3.05 bits per heavy atom. The average molecular weight is 346 g/mol. The van der Waals surface area contributed by atoms with E-state index in [2.05, 4.69) is 15.2 Å². The van der Waals surface area contributed by atoms with Gasteiger partial charge >= 0.3 is 0 Å². The SMILES string of the molecule is CCNC(=NCC(O)c1ccc(Cl)s1)N(C)CC1CCOC1. The van der Waals surface area contributed by atoms with Crippen LogP contribution in [0, 0.1) is 5.92 Å². The lowest BCUT2D eigenvalue weighted by atomic mass is 10.1. The van der Waals surface area contributed by atoms with Gasteiger partial charge in [-0.25, -0.2) is 0 Å². The second kappa shape index (κ2) is 8.72. The zero-order valence-electron chi connectivity index (χ0n) is 13.1. The van der Waals surface area contributed by atoms with E-state index < -0.39 is 6.10 Å². The molecule has 0 aliphatic carbocycles. The summed E-state index contributed by atoms with van der Waals surface area (Å²) in [4.78, 5) is 7.50. The number of nitrogens with zero attached hydrogens (tertiary/aromatic N) is 2. The van der Waals surface area contributed by atoms with Gasteiger partial charge in [0.05, 0.1) is 17.5 Å². The Morgan fingerprint density at radius 2 is 2.45 bits per heavy atom. The second-order valence-corrected chi connectivity index (χ2v) is 7.21. The molecule has 0 radical (unpaired) electrons. The highest BCUT2D eigenvalue weighted by Gasteiger charge is 2.19. The van der Waals surface area contributed by atoms with Crippen molar-refractivity contribution in [1.29, 1.82) is 0 Å². The van der Waals surface area contributed by atoms with Gasteiger partial charge in [-0.1, -0.05) is 11.6 Å². The first kappa shape index (κ1) is 17.5. The van der Waals surface area contributed by atoms with Crippen LogP contribution >= 0.6 is 22.9 Å². The quantitative estimate of drug-likeness (QED) is 0.614. The van der Waals surface area contributed by atoms with Crippen molar-refractivity contribution in [1.82, 2.24) is 10.2 Å². The third-order valence-corrected chi connectivity index (χ3v) is 4.92. The third kappa shape index (κ3) is 5.12. The molecule has 1 aromatic rings. The van der Waals surface area contributed by atoms with Gasteiger partial charge in [-0.05, 0) is 25.5 Å². The molecule has 2 N–H and O–H groups in total. The fourth-order valence-electron chi connectivity index (χ4n) is 2.44. The zero-order chi connectivity index (χ0) is 15.9. The molecule has 124 valence electrons. The maximum Gasteiger partial charge on any atom is 0.193 e. The van der Waals surface area contributed by atoms with E-state index in [9.17, 15) is 5.11 Å². The molecule has 1 aliphatic heterocycles. The Labute approximate surface area is 140 Å². The summed E-state index contributed by atoms with van der Waals surface area (Å²) in [6.07, 6.45) is 0.481. The van der Waals surface area contributed by atoms with Gasteiger partial charge in [0.1, 0.15) is 6.10 Å². The van der Waals surface area contributed by atoms with Crippen LogP contribution in [0.3, 0.4) is 0 Å². The van der Waals surface area contributed by atoms with Crippen molar-refractivity contribution >= 4 is 28.9 Å². The Hall–Kier alpha value is -0.820. The molecule has 0 bridgehead atoms. The van der Waals surface area contributed by atoms with E-state index in [0.717, 1.165) is 43.6 Å². The van der Waals surface area contributed by atoms with Crippen molar-refractivity contribution in [3.8, 4) is 0 Å². The lowest BCUT2D eigenvalue weighted by Crippen LogP contribution is -2.41. The maximum absolute atomic E-state index is 10.2. The fourth-order valence-corrected chi connectivity index (χ4v) is 3.48. The van der Waals surface area contributed by atoms with E-state index >= 15 is 0 Å². The third-order valence-electron chi connectivity index (χ3n) is 3.59. The van der Waals surface area contributed by atoms with Crippen LogP contribution in [0.4, 0.5) is 0 Å². The summed E-state index contributed by atoms with van der Waals surface area (Å²) in [5, 5.41) is 13.5. The average Bonchev–Trinajstić information content (AvgIpc) is 3.14. The summed E-state index contributed by atoms with van der Waals surface area (Å²) >= 11 is 7.29. The molecule has 2 heterocycles. The number of thiophene rings is 1. The number of hydrogen-bond acceptors (Lipinski definition) is 4. The van der Waals surface area contributed by atoms with Crippen LogP contribution in [0.5, 0.6) is 0 Å². The van der Waals surface area contributed by atoms with E-state index in [-0.39, 0.29) is 0 Å². The first-order valence-corrected chi connectivity index (χ1v) is 8.80. The molecule has 0 amide bonds. The summed E-state index contributed by atoms with van der Waals surface area (Å²) in [5.41, 5.74) is 0. The largest absolute Gasteiger partial charge is 0.386 e. The Balaban J connectivity index is 1.93. The number of ether oxygens (including phenoxy) is 1. The summed E-state index contributed by atoms with van der Waals surface area (Å²) in [6.45, 7) is 5.74. The van der Waals surface area contributed by atoms with E-state index in [1.165, 1.54) is 11.3 Å². The number of rotatable bonds is 6. The van der Waals surface area contributed by atoms with Gasteiger partial charge in [0.15, 0.2) is 5.96 Å². The molecule has 1 fully saturated rings. The molecular formula is C15H24ClN3O2S. The Kier molecular flexibility index (Phi) is 6.95. The van der Waals surface area contributed by atoms with Gasteiger partial charge in [-0.15, -0.1) is 11.3 Å². The number of guanidine groups is 1. The molecule has 0 aromatic carbocycles. The number of hydrogen-bond donors (Lipinski definition) is 2. The predicted octanol–water partition coefficient (Wildman–Crippen LogP) is 2.37. The second-order valence-electron chi connectivity index (χ2n) is 5.46. The van der Waals surface area contributed by atoms with E-state index in [4.69, 9.17) is 16.3 Å². The minimum Gasteiger partial charge on any atom is -0.386 e. The lowest BCUT2D eigenvalue weighted by Gasteiger charge is -2.24. The Morgan fingerprint density at radius 1 is 1.64 bits per heavy atom. The molecule has 5 nitrogen and oxygen atoms in total. The summed E-state index contributed by atoms with van der Waals surface area (Å²) in [7, 11) is 2.02. The smallest absolute Gasteiger partial charge is 0.193 e. The van der Waals surface area contributed by atoms with Crippen LogP contribution in [-0.2, 0) is 4.74 Å². The van der Waals surface area contributed by atoms with Gasteiger partial charge in [-0.3, -0.25) is 4.99 Å². The van der Waals surface area contributed by atoms with Crippen molar-refractivity contribution < 1.29 is 9.84 Å². The highest BCUT2D eigenvalue weighted by molar-refractivity contribution is 7.16. The van der Waals surface area contributed by atoms with E-state index in [1.54, 1.807) is 6.07 Å². The fraction of sp³-hybridized carbons (Fsp3) is 0.667. The van der Waals surface area contributed by atoms with E-state index in [1.807, 2.05) is 20.0 Å². The molecule has 1 aromatic heterocycles. The topological polar surface area (TPSA) is 57.1 Å². The number of aliphatic imine (C=N–C) groups is 1. The summed E-state index contributed by atoms with van der Waals surface area (Å²) in [5.74, 6) is 1.37. The van der Waals surface area contributed by atoms with Crippen molar-refractivity contribution in [2.45, 2.75) is 19.4 Å². The molecular weight excluding hydrogens is 322 g/mol. The number of nitrogens with one attached hydrogen (secondary N) is 1. The summed E-state index contributed by atoms with van der Waals surface area (Å²) < 4.78 is 6.10. The molecule has 1 saturated heterocycles. The first-order valence-electron chi connectivity index (χ1n) is 7.60. The maximum atomic E-state index is 10.2. The normalized spacial score (nSPS) is 20.2. The van der Waals surface area contributed by atoms with Crippen LogP contribution < -0.4 is 5.32 Å². The van der Waals surface area contributed by atoms with Gasteiger partial charge in [-0.2, -0.15) is 0 Å². The predicted molar refractivity (Wildman–Crippen MR) is 91.8 cm³/mol. The molecule has 0 saturated carbocycles. The van der Waals surface area contributed by atoms with Gasteiger partial charge in [0, 0.05) is 37.5 Å². The highest BCUT2D eigenvalue weighted by Crippen LogP contribution is 2.27. The van der Waals surface area contributed by atoms with Crippen LogP contribution in [0.2, 0.25) is 4.34 Å². The standard InChI is InChI=1S/C15H24ClN3O2S/c1-3-17-15(19(2)9-11-6-7-21-10-11)18-8-12(20)13-4-5-14(16)22-13/h4-5,11-12,20H,3,6-10H2,1-2H3,(H,17,18). The van der Waals surface area contributed by atoms with Crippen molar-refractivity contribution in [2.75, 3.05) is 39.9 Å². The van der Waals surface area contributed by atoms with Crippen molar-refractivity contribution in [3.63, 3.8) is 0 Å². The highest BCUT2D eigenvalue weighted by atomic mass is 35.5. The molecule has 2 atom stereocenters. The molecule has 22 heavy (non-hydrogen) atoms. The monoisotopic (exact) mass is 345 g/mol. The van der Waals surface area contributed by atoms with Crippen LogP contribution in [-0.4, -0.2) is 55.9 Å². The van der Waals surface area contributed by atoms with Gasteiger partial charge in [0.25, 0.3) is 0 Å². The molecule has 7 heteroatoms. The van der Waals surface area contributed by atoms with Crippen LogP contribution in [0.25, 0.3) is 0 Å². The van der Waals surface area contributed by atoms with Crippen molar-refractivity contribution in [2.24, 2.45) is 10.9 Å². The molecule has 2 rings (SSSR count). The molecule has 1 aliphatic rings. The summed E-state index contributed by atoms with van der Waals surface area (Å²) in [6, 6.07) is 3.64. The minimum absolute atomic E-state index is 0.324. The van der Waals surface area contributed by atoms with E-state index in [0.29, 0.717) is 16.8 Å².